The molecule has 0 aliphatic heterocycles. The number of alkyl carbamates (subject to hydrolysis) is 1. The van der Waals surface area contributed by atoms with Crippen LogP contribution in [0.2, 0.25) is 0 Å². The van der Waals surface area contributed by atoms with Crippen LogP contribution in [0, 0.1) is 46.3 Å². The van der Waals surface area contributed by atoms with Gasteiger partial charge in [-0.25, -0.2) is 4.79 Å². The Hall–Kier alpha value is -1.23. The predicted molar refractivity (Wildman–Crippen MR) is 201 cm³/mol. The van der Waals surface area contributed by atoms with Crippen molar-refractivity contribution in [1.29, 1.82) is 0 Å². The van der Waals surface area contributed by atoms with E-state index < -0.39 is 6.04 Å². The summed E-state index contributed by atoms with van der Waals surface area (Å²) in [6.07, 6.45) is 16.2. The van der Waals surface area contributed by atoms with Gasteiger partial charge in [-0.1, -0.05) is 87.1 Å². The molecule has 0 spiro atoms. The summed E-state index contributed by atoms with van der Waals surface area (Å²) in [6.45, 7) is 15.0. The number of nitrogens with one attached hydrogen (secondary N) is 1. The molecule has 4 aliphatic carbocycles. The van der Waals surface area contributed by atoms with E-state index in [1.54, 1.807) is 0 Å². The molecule has 4 rings (SSSR count). The van der Waals surface area contributed by atoms with Crippen LogP contribution in [0.15, 0.2) is 11.6 Å². The highest BCUT2D eigenvalue weighted by atomic mass is 33.1. The average molecular weight is 723 g/mol. The first-order valence-corrected chi connectivity index (χ1v) is 21.7. The maximum Gasteiger partial charge on any atom is 0.407 e. The van der Waals surface area contributed by atoms with Crippen molar-refractivity contribution in [3.63, 3.8) is 0 Å². The highest BCUT2D eigenvalue weighted by molar-refractivity contribution is 8.76. The van der Waals surface area contributed by atoms with E-state index in [-0.39, 0.29) is 49.0 Å². The molecule has 4 aliphatic rings. The van der Waals surface area contributed by atoms with E-state index in [2.05, 4.69) is 46.0 Å². The molecule has 280 valence electrons. The van der Waals surface area contributed by atoms with E-state index in [0.29, 0.717) is 30.1 Å². The van der Waals surface area contributed by atoms with Crippen molar-refractivity contribution in [3.8, 4) is 0 Å². The minimum absolute atomic E-state index is 0.0351. The number of rotatable bonds is 19. The number of carbonyl (C=O) groups is 3. The molecule has 8 nitrogen and oxygen atoms in total. The Morgan fingerprint density at radius 2 is 1.80 bits per heavy atom. The summed E-state index contributed by atoms with van der Waals surface area (Å²) in [5.74, 6) is 5.74. The van der Waals surface area contributed by atoms with Gasteiger partial charge < -0.3 is 25.3 Å². The Morgan fingerprint density at radius 1 is 1.00 bits per heavy atom. The summed E-state index contributed by atoms with van der Waals surface area (Å²) in [5.41, 5.74) is 7.96. The summed E-state index contributed by atoms with van der Waals surface area (Å²) in [4.78, 5) is 35.6. The zero-order chi connectivity index (χ0) is 35.6. The molecule has 10 heteroatoms. The third kappa shape index (κ3) is 10.9. The zero-order valence-corrected chi connectivity index (χ0v) is 32.9. The second-order valence-electron chi connectivity index (χ2n) is 16.4. The highest BCUT2D eigenvalue weighted by Gasteiger charge is 2.59. The van der Waals surface area contributed by atoms with Crippen molar-refractivity contribution in [3.05, 3.63) is 11.6 Å². The Kier molecular flexibility index (Phi) is 15.7. The molecule has 9 atom stereocenters. The molecule has 1 amide bonds. The predicted octanol–water partition coefficient (Wildman–Crippen LogP) is 8.37. The Morgan fingerprint density at radius 3 is 2.55 bits per heavy atom. The van der Waals surface area contributed by atoms with Crippen LogP contribution >= 0.6 is 21.6 Å². The van der Waals surface area contributed by atoms with Crippen molar-refractivity contribution in [2.45, 2.75) is 131 Å². The Bertz CT molecular complexity index is 1130. The van der Waals surface area contributed by atoms with Crippen LogP contribution in [0.25, 0.3) is 0 Å². The molecule has 0 unspecified atom stereocenters. The molecule has 3 saturated carbocycles. The van der Waals surface area contributed by atoms with Gasteiger partial charge in [-0.15, -0.1) is 0 Å². The van der Waals surface area contributed by atoms with Crippen LogP contribution in [0.3, 0.4) is 0 Å². The number of nitrogens with two attached hydrogens (primary N) is 1. The van der Waals surface area contributed by atoms with Crippen LogP contribution in [-0.2, 0) is 23.8 Å². The van der Waals surface area contributed by atoms with Crippen molar-refractivity contribution in [2.24, 2.45) is 52.1 Å². The fourth-order valence-corrected chi connectivity index (χ4v) is 12.2. The monoisotopic (exact) mass is 722 g/mol. The fourth-order valence-electron chi connectivity index (χ4n) is 9.98. The number of ketones is 1. The van der Waals surface area contributed by atoms with Gasteiger partial charge in [0.05, 0.1) is 25.7 Å². The first-order valence-electron chi connectivity index (χ1n) is 19.2. The number of allylic oxidation sites excluding steroid dienone is 1. The van der Waals surface area contributed by atoms with Gasteiger partial charge in [0.15, 0.2) is 0 Å². The standard InChI is InChI=1S/C39H66N2O6S2/c1-26(2)8-7-9-27(3)32-12-13-33-31-11-10-29-24-30(14-17-38(29,5)34(31)15-18-39(32,33)6)47-37(44)41-19-20-45-21-22-46-36(43)16-23-48-49-25-35(40)28(4)42/h10,26-27,30-35H,7-9,11-25,40H2,1-6H3,(H,41,44)/t27-,30+,31+,32-,33+,34+,35+,38+,39-/m1/s1. The maximum atomic E-state index is 12.6. The lowest BCUT2D eigenvalue weighted by molar-refractivity contribution is -0.144. The number of Topliss-reactive ketones (excluding diaryl/α,β-unsaturated/α-hetero) is 1. The van der Waals surface area contributed by atoms with E-state index in [9.17, 15) is 14.4 Å². The zero-order valence-electron chi connectivity index (χ0n) is 31.3. The summed E-state index contributed by atoms with van der Waals surface area (Å²) in [5, 5.41) is 2.82. The number of hydrogen-bond acceptors (Lipinski definition) is 9. The molecule has 3 N–H and O–H groups in total. The van der Waals surface area contributed by atoms with Crippen LogP contribution in [0.1, 0.15) is 119 Å². The maximum absolute atomic E-state index is 12.6. The van der Waals surface area contributed by atoms with Gasteiger partial charge in [0.1, 0.15) is 18.5 Å². The second kappa shape index (κ2) is 19.0. The highest BCUT2D eigenvalue weighted by Crippen LogP contribution is 2.67. The van der Waals surface area contributed by atoms with E-state index in [4.69, 9.17) is 19.9 Å². The number of carbonyl (C=O) groups excluding carboxylic acids is 3. The molecular formula is C39H66N2O6S2. The first kappa shape index (κ1) is 40.5. The largest absolute Gasteiger partial charge is 0.463 e. The quantitative estimate of drug-likeness (QED) is 0.0587. The van der Waals surface area contributed by atoms with Gasteiger partial charge in [0.2, 0.25) is 0 Å². The number of fused-ring (bicyclic) bond motifs is 5. The molecule has 0 radical (unpaired) electrons. The minimum Gasteiger partial charge on any atom is -0.463 e. The van der Waals surface area contributed by atoms with E-state index in [1.807, 2.05) is 0 Å². The van der Waals surface area contributed by atoms with Crippen LogP contribution in [-0.4, -0.2) is 67.9 Å². The van der Waals surface area contributed by atoms with Crippen molar-refractivity contribution in [1.82, 2.24) is 5.32 Å². The van der Waals surface area contributed by atoms with Gasteiger partial charge in [-0.3, -0.25) is 9.59 Å². The first-order chi connectivity index (χ1) is 23.3. The molecule has 49 heavy (non-hydrogen) atoms. The normalized spacial score (nSPS) is 31.9. The van der Waals surface area contributed by atoms with Crippen LogP contribution in [0.4, 0.5) is 4.79 Å². The summed E-state index contributed by atoms with van der Waals surface area (Å²) in [7, 11) is 2.99. The molecule has 0 saturated heterocycles. The fraction of sp³-hybridized carbons (Fsp3) is 0.872. The summed E-state index contributed by atoms with van der Waals surface area (Å²) in [6, 6.07) is -0.462. The molecule has 0 heterocycles. The van der Waals surface area contributed by atoms with Gasteiger partial charge in [0, 0.05) is 24.5 Å². The van der Waals surface area contributed by atoms with Gasteiger partial charge in [-0.2, -0.15) is 0 Å². The van der Waals surface area contributed by atoms with Gasteiger partial charge in [-0.05, 0) is 98.2 Å². The van der Waals surface area contributed by atoms with Crippen molar-refractivity contribution < 1.29 is 28.6 Å². The minimum atomic E-state index is -0.462. The lowest BCUT2D eigenvalue weighted by atomic mass is 9.47. The van der Waals surface area contributed by atoms with Crippen molar-refractivity contribution in [2.75, 3.05) is 37.9 Å². The SMILES string of the molecule is CC(=O)[C@@H](N)CSSCCC(=O)OCCOCCNC(=O)O[C@H]1CC[C@@]2(C)C(=CC[C@H]3[C@@H]4CC[C@H]([C@H](C)CCCC(C)C)[C@@]4(C)CC[C@@H]32)C1. The van der Waals surface area contributed by atoms with E-state index >= 15 is 0 Å². The lowest BCUT2D eigenvalue weighted by Gasteiger charge is -2.58. The third-order valence-electron chi connectivity index (χ3n) is 12.8. The topological polar surface area (TPSA) is 117 Å². The second-order valence-corrected chi connectivity index (χ2v) is 19.0. The molecule has 0 aromatic heterocycles. The van der Waals surface area contributed by atoms with E-state index in [1.165, 1.54) is 85.5 Å². The van der Waals surface area contributed by atoms with Gasteiger partial charge in [0.25, 0.3) is 0 Å². The summed E-state index contributed by atoms with van der Waals surface area (Å²) >= 11 is 0. The van der Waals surface area contributed by atoms with Crippen LogP contribution in [0.5, 0.6) is 0 Å². The third-order valence-corrected chi connectivity index (χ3v) is 15.2. The molecule has 0 aromatic carbocycles. The number of esters is 1. The molecule has 0 aromatic rings. The molecule has 0 bridgehead atoms. The Labute approximate surface area is 304 Å². The number of ether oxygens (including phenoxy) is 3. The number of hydrogen-bond donors (Lipinski definition) is 2. The lowest BCUT2D eigenvalue weighted by Crippen LogP contribution is -2.51. The average Bonchev–Trinajstić information content (AvgIpc) is 3.41. The Balaban J connectivity index is 1.11. The van der Waals surface area contributed by atoms with Crippen molar-refractivity contribution >= 4 is 39.4 Å². The smallest absolute Gasteiger partial charge is 0.407 e. The number of amides is 1. The van der Waals surface area contributed by atoms with Gasteiger partial charge >= 0.3 is 12.1 Å². The molecular weight excluding hydrogens is 657 g/mol. The molecule has 3 fully saturated rings. The summed E-state index contributed by atoms with van der Waals surface area (Å²) < 4.78 is 16.6. The van der Waals surface area contributed by atoms with Crippen LogP contribution < -0.4 is 11.1 Å². The van der Waals surface area contributed by atoms with E-state index in [0.717, 1.165) is 54.8 Å².